The summed E-state index contributed by atoms with van der Waals surface area (Å²) in [5.41, 5.74) is 0.939. The summed E-state index contributed by atoms with van der Waals surface area (Å²) in [5.74, 6) is 2.04. The van der Waals surface area contributed by atoms with E-state index in [-0.39, 0.29) is 0 Å². The Morgan fingerprint density at radius 1 is 1.57 bits per heavy atom. The quantitative estimate of drug-likeness (QED) is 0.661. The first-order chi connectivity index (χ1) is 6.69. The molecule has 3 heteroatoms. The molecule has 2 nitrogen and oxygen atoms in total. The third-order valence-corrected chi connectivity index (χ3v) is 1.82. The summed E-state index contributed by atoms with van der Waals surface area (Å²) < 4.78 is 12.8. The van der Waals surface area contributed by atoms with Crippen molar-refractivity contribution in [2.45, 2.75) is 0 Å². The third kappa shape index (κ3) is 2.02. The first kappa shape index (κ1) is 10.1. The maximum atomic E-state index is 12.8. The average molecular weight is 188 g/mol. The maximum Gasteiger partial charge on any atom is 0.124 e. The molecule has 0 aliphatic rings. The highest BCUT2D eigenvalue weighted by atomic mass is 19.1. The summed E-state index contributed by atoms with van der Waals surface area (Å²) >= 11 is 0. The maximum absolute atomic E-state index is 12.8. The van der Waals surface area contributed by atoms with Crippen molar-refractivity contribution < 1.29 is 4.39 Å². The van der Waals surface area contributed by atoms with Crippen molar-refractivity contribution in [3.05, 3.63) is 29.6 Å². The van der Waals surface area contributed by atoms with Crippen molar-refractivity contribution in [3.63, 3.8) is 0 Å². The molecule has 1 aromatic carbocycles. The van der Waals surface area contributed by atoms with Crippen LogP contribution in [-0.2, 0) is 0 Å². The van der Waals surface area contributed by atoms with E-state index in [1.54, 1.807) is 18.0 Å². The van der Waals surface area contributed by atoms with Crippen LogP contribution in [0.2, 0.25) is 0 Å². The van der Waals surface area contributed by atoms with E-state index in [1.165, 1.54) is 12.1 Å². The van der Waals surface area contributed by atoms with Gasteiger partial charge in [-0.2, -0.15) is 5.26 Å². The summed E-state index contributed by atoms with van der Waals surface area (Å²) in [6, 6.07) is 5.98. The highest BCUT2D eigenvalue weighted by Crippen LogP contribution is 2.19. The molecule has 0 spiro atoms. The van der Waals surface area contributed by atoms with E-state index in [2.05, 4.69) is 5.92 Å². The first-order valence-electron chi connectivity index (χ1n) is 4.03. The second kappa shape index (κ2) is 4.30. The van der Waals surface area contributed by atoms with Crippen LogP contribution < -0.4 is 4.90 Å². The van der Waals surface area contributed by atoms with E-state index < -0.39 is 5.82 Å². The lowest BCUT2D eigenvalue weighted by Gasteiger charge is -2.17. The molecule has 0 bridgehead atoms. The van der Waals surface area contributed by atoms with Gasteiger partial charge >= 0.3 is 0 Å². The summed E-state index contributed by atoms with van der Waals surface area (Å²) in [6.07, 6.45) is 5.14. The topological polar surface area (TPSA) is 27.0 Å². The van der Waals surface area contributed by atoms with E-state index in [0.717, 1.165) is 0 Å². The zero-order valence-corrected chi connectivity index (χ0v) is 7.79. The molecular formula is C11H9FN2. The lowest BCUT2D eigenvalue weighted by molar-refractivity contribution is 0.627. The van der Waals surface area contributed by atoms with Gasteiger partial charge in [0.25, 0.3) is 0 Å². The molecule has 0 N–H and O–H groups in total. The van der Waals surface area contributed by atoms with Gasteiger partial charge in [0.2, 0.25) is 0 Å². The number of halogens is 1. The van der Waals surface area contributed by atoms with Crippen LogP contribution in [-0.4, -0.2) is 13.6 Å². The van der Waals surface area contributed by atoms with Crippen LogP contribution in [0.3, 0.4) is 0 Å². The Labute approximate surface area is 82.6 Å². The molecule has 0 amide bonds. The molecule has 0 saturated carbocycles. The molecule has 0 aliphatic heterocycles. The Morgan fingerprint density at radius 3 is 2.86 bits per heavy atom. The van der Waals surface area contributed by atoms with Crippen molar-refractivity contribution in [1.82, 2.24) is 0 Å². The largest absolute Gasteiger partial charge is 0.362 e. The zero-order chi connectivity index (χ0) is 10.6. The van der Waals surface area contributed by atoms with Gasteiger partial charge < -0.3 is 4.90 Å². The highest BCUT2D eigenvalue weighted by Gasteiger charge is 2.06. The monoisotopic (exact) mass is 188 g/mol. The molecule has 0 atom stereocenters. The van der Waals surface area contributed by atoms with Gasteiger partial charge in [-0.05, 0) is 18.2 Å². The number of nitrogens with zero attached hydrogens (tertiary/aromatic N) is 2. The van der Waals surface area contributed by atoms with E-state index >= 15 is 0 Å². The highest BCUT2D eigenvalue weighted by molar-refractivity contribution is 5.59. The molecular weight excluding hydrogens is 179 g/mol. The van der Waals surface area contributed by atoms with Crippen LogP contribution in [0.25, 0.3) is 0 Å². The van der Waals surface area contributed by atoms with Gasteiger partial charge in [-0.3, -0.25) is 0 Å². The van der Waals surface area contributed by atoms with Crippen LogP contribution >= 0.6 is 0 Å². The molecule has 0 fully saturated rings. The van der Waals surface area contributed by atoms with Crippen LogP contribution in [0.5, 0.6) is 0 Å². The third-order valence-electron chi connectivity index (χ3n) is 1.82. The predicted octanol–water partition coefficient (Wildman–Crippen LogP) is 1.77. The lowest BCUT2D eigenvalue weighted by Crippen LogP contribution is -2.18. The number of nitriles is 1. The molecule has 0 radical (unpaired) electrons. The summed E-state index contributed by atoms with van der Waals surface area (Å²) in [4.78, 5) is 1.72. The number of hydrogen-bond acceptors (Lipinski definition) is 2. The predicted molar refractivity (Wildman–Crippen MR) is 53.2 cm³/mol. The number of terminal acetylenes is 1. The summed E-state index contributed by atoms with van der Waals surface area (Å²) in [6.45, 7) is 0.389. The first-order valence-corrected chi connectivity index (χ1v) is 4.03. The summed E-state index contributed by atoms with van der Waals surface area (Å²) in [5, 5.41) is 8.76. The fourth-order valence-electron chi connectivity index (χ4n) is 1.15. The molecule has 0 aliphatic carbocycles. The molecule has 1 aromatic rings. The van der Waals surface area contributed by atoms with Crippen LogP contribution in [0.15, 0.2) is 18.2 Å². The average Bonchev–Trinajstić information content (AvgIpc) is 2.17. The van der Waals surface area contributed by atoms with Crippen molar-refractivity contribution in [1.29, 1.82) is 5.26 Å². The van der Waals surface area contributed by atoms with Gasteiger partial charge in [0.05, 0.1) is 17.8 Å². The fourth-order valence-corrected chi connectivity index (χ4v) is 1.15. The second-order valence-corrected chi connectivity index (χ2v) is 2.83. The van der Waals surface area contributed by atoms with Crippen molar-refractivity contribution >= 4 is 5.69 Å². The standard InChI is InChI=1S/C11H9FN2/c1-3-6-14(2)11-5-4-10(12)7-9(11)8-13/h1,4-5,7H,6H2,2H3. The van der Waals surface area contributed by atoms with Gasteiger partial charge in [-0.1, -0.05) is 5.92 Å². The van der Waals surface area contributed by atoms with Crippen LogP contribution in [0, 0.1) is 29.5 Å². The van der Waals surface area contributed by atoms with Gasteiger partial charge in [0, 0.05) is 7.05 Å². The molecule has 0 aromatic heterocycles. The van der Waals surface area contributed by atoms with Gasteiger partial charge in [0.15, 0.2) is 0 Å². The van der Waals surface area contributed by atoms with E-state index in [0.29, 0.717) is 17.8 Å². The van der Waals surface area contributed by atoms with Crippen molar-refractivity contribution in [2.24, 2.45) is 0 Å². The van der Waals surface area contributed by atoms with Crippen LogP contribution in [0.4, 0.5) is 10.1 Å². The molecule has 0 heterocycles. The zero-order valence-electron chi connectivity index (χ0n) is 7.79. The molecule has 0 unspecified atom stereocenters. The second-order valence-electron chi connectivity index (χ2n) is 2.83. The fraction of sp³-hybridized carbons (Fsp3) is 0.182. The Morgan fingerprint density at radius 2 is 2.29 bits per heavy atom. The molecule has 0 saturated heterocycles. The Balaban J connectivity index is 3.10. The van der Waals surface area contributed by atoms with Gasteiger partial charge in [-0.25, -0.2) is 4.39 Å². The van der Waals surface area contributed by atoms with E-state index in [9.17, 15) is 4.39 Å². The smallest absolute Gasteiger partial charge is 0.124 e. The van der Waals surface area contributed by atoms with E-state index in [4.69, 9.17) is 11.7 Å². The van der Waals surface area contributed by atoms with Gasteiger partial charge in [0.1, 0.15) is 11.9 Å². The van der Waals surface area contributed by atoms with Gasteiger partial charge in [-0.15, -0.1) is 6.42 Å². The minimum absolute atomic E-state index is 0.294. The summed E-state index contributed by atoms with van der Waals surface area (Å²) in [7, 11) is 1.76. The minimum atomic E-state index is -0.417. The number of hydrogen-bond donors (Lipinski definition) is 0. The van der Waals surface area contributed by atoms with E-state index in [1.807, 2.05) is 6.07 Å². The number of rotatable bonds is 2. The van der Waals surface area contributed by atoms with Crippen molar-refractivity contribution in [3.8, 4) is 18.4 Å². The lowest BCUT2D eigenvalue weighted by atomic mass is 10.2. The molecule has 70 valence electrons. The van der Waals surface area contributed by atoms with Crippen molar-refractivity contribution in [2.75, 3.05) is 18.5 Å². The number of benzene rings is 1. The number of anilines is 1. The Bertz CT molecular complexity index is 412. The molecule has 1 rings (SSSR count). The SMILES string of the molecule is C#CCN(C)c1ccc(F)cc1C#N. The Hall–Kier alpha value is -2.00. The Kier molecular flexibility index (Phi) is 3.09. The minimum Gasteiger partial charge on any atom is -0.362 e. The molecule has 14 heavy (non-hydrogen) atoms. The van der Waals surface area contributed by atoms with Crippen LogP contribution in [0.1, 0.15) is 5.56 Å². The normalized spacial score (nSPS) is 8.86.